The van der Waals surface area contributed by atoms with Gasteiger partial charge >= 0.3 is 0 Å². The molecule has 4 heteroatoms. The lowest BCUT2D eigenvalue weighted by atomic mass is 10.2. The van der Waals surface area contributed by atoms with Crippen LogP contribution in [0.4, 0.5) is 0 Å². The van der Waals surface area contributed by atoms with E-state index < -0.39 is 0 Å². The zero-order chi connectivity index (χ0) is 12.1. The number of hydrogen-bond donors (Lipinski definition) is 1. The fourth-order valence-electron chi connectivity index (χ4n) is 2.14. The highest BCUT2D eigenvalue weighted by atomic mass is 35.5. The van der Waals surface area contributed by atoms with E-state index in [1.54, 1.807) is 7.11 Å². The normalized spacial score (nSPS) is 16.4. The predicted octanol–water partition coefficient (Wildman–Crippen LogP) is 3.31. The molecule has 0 heterocycles. The molecule has 1 aromatic rings. The third-order valence-corrected chi connectivity index (χ3v) is 3.45. The van der Waals surface area contributed by atoms with Gasteiger partial charge in [0.1, 0.15) is 5.75 Å². The summed E-state index contributed by atoms with van der Waals surface area (Å²) in [5, 5.41) is 0.701. The molecule has 94 valence electrons. The summed E-state index contributed by atoms with van der Waals surface area (Å²) < 4.78 is 5.27. The van der Waals surface area contributed by atoms with Crippen LogP contribution in [0.15, 0.2) is 18.2 Å². The molecule has 17 heavy (non-hydrogen) atoms. The van der Waals surface area contributed by atoms with Crippen molar-refractivity contribution in [3.05, 3.63) is 28.8 Å². The van der Waals surface area contributed by atoms with Crippen LogP contribution in [0.2, 0.25) is 5.02 Å². The van der Waals surface area contributed by atoms with Gasteiger partial charge in [0.15, 0.2) is 0 Å². The number of methoxy groups -OCH3 is 1. The maximum absolute atomic E-state index is 6.13. The van der Waals surface area contributed by atoms with E-state index in [-0.39, 0.29) is 0 Å². The van der Waals surface area contributed by atoms with Crippen LogP contribution in [-0.2, 0) is 11.4 Å². The molecule has 3 nitrogen and oxygen atoms in total. The van der Waals surface area contributed by atoms with Crippen molar-refractivity contribution in [3.8, 4) is 5.75 Å². The van der Waals surface area contributed by atoms with E-state index in [0.717, 1.165) is 24.2 Å². The highest BCUT2D eigenvalue weighted by Gasteiger charge is 2.16. The quantitative estimate of drug-likeness (QED) is 0.819. The number of ether oxygens (including phenoxy) is 1. The van der Waals surface area contributed by atoms with Gasteiger partial charge in [-0.2, -0.15) is 5.48 Å². The molecule has 1 saturated carbocycles. The smallest absolute Gasteiger partial charge is 0.124 e. The van der Waals surface area contributed by atoms with E-state index in [2.05, 4.69) is 5.48 Å². The van der Waals surface area contributed by atoms with Gasteiger partial charge in [-0.25, -0.2) is 0 Å². The second kappa shape index (κ2) is 6.24. The summed E-state index contributed by atoms with van der Waals surface area (Å²) in [5.74, 6) is 0.792. The Balaban J connectivity index is 1.89. The first-order valence-corrected chi connectivity index (χ1v) is 6.39. The second-order valence-corrected chi connectivity index (χ2v) is 4.67. The number of nitrogens with one attached hydrogen (secondary N) is 1. The summed E-state index contributed by atoms with van der Waals surface area (Å²) in [6.07, 6.45) is 5.17. The first kappa shape index (κ1) is 12.7. The van der Waals surface area contributed by atoms with Crippen LogP contribution in [0.3, 0.4) is 0 Å². The third-order valence-electron chi connectivity index (χ3n) is 3.10. The molecule has 1 fully saturated rings. The van der Waals surface area contributed by atoms with Gasteiger partial charge in [-0.3, -0.25) is 4.84 Å². The van der Waals surface area contributed by atoms with Gasteiger partial charge in [-0.15, -0.1) is 0 Å². The minimum atomic E-state index is 0.350. The summed E-state index contributed by atoms with van der Waals surface area (Å²) >= 11 is 6.13. The predicted molar refractivity (Wildman–Crippen MR) is 68.2 cm³/mol. The minimum Gasteiger partial charge on any atom is -0.496 e. The second-order valence-electron chi connectivity index (χ2n) is 4.27. The maximum atomic E-state index is 6.13. The Hall–Kier alpha value is -0.770. The molecule has 0 aliphatic heterocycles. The maximum Gasteiger partial charge on any atom is 0.124 e. The third kappa shape index (κ3) is 3.35. The van der Waals surface area contributed by atoms with Crippen molar-refractivity contribution in [1.29, 1.82) is 0 Å². The van der Waals surface area contributed by atoms with Gasteiger partial charge in [0.2, 0.25) is 0 Å². The van der Waals surface area contributed by atoms with Crippen LogP contribution in [-0.4, -0.2) is 13.2 Å². The van der Waals surface area contributed by atoms with Gasteiger partial charge in [-0.1, -0.05) is 30.5 Å². The topological polar surface area (TPSA) is 30.5 Å². The lowest BCUT2D eigenvalue weighted by molar-refractivity contribution is -0.0246. The Morgan fingerprint density at radius 3 is 2.82 bits per heavy atom. The van der Waals surface area contributed by atoms with Gasteiger partial charge in [0.25, 0.3) is 0 Å². The monoisotopic (exact) mass is 255 g/mol. The van der Waals surface area contributed by atoms with Gasteiger partial charge in [0, 0.05) is 10.6 Å². The minimum absolute atomic E-state index is 0.350. The van der Waals surface area contributed by atoms with Crippen molar-refractivity contribution in [2.24, 2.45) is 0 Å². The van der Waals surface area contributed by atoms with Crippen LogP contribution < -0.4 is 10.2 Å². The molecule has 0 atom stereocenters. The van der Waals surface area contributed by atoms with Crippen LogP contribution in [0.5, 0.6) is 5.75 Å². The SMILES string of the molecule is COc1cccc(Cl)c1CNOC1CCCC1. The summed E-state index contributed by atoms with van der Waals surface area (Å²) in [6.45, 7) is 0.569. The molecule has 0 saturated heterocycles. The molecule has 2 rings (SSSR count). The Kier molecular flexibility index (Phi) is 4.66. The Morgan fingerprint density at radius 2 is 2.12 bits per heavy atom. The Labute approximate surface area is 107 Å². The van der Waals surface area contributed by atoms with Crippen LogP contribution >= 0.6 is 11.6 Å². The van der Waals surface area contributed by atoms with Crippen molar-refractivity contribution in [2.75, 3.05) is 7.11 Å². The van der Waals surface area contributed by atoms with Crippen LogP contribution in [0.25, 0.3) is 0 Å². The molecule has 1 N–H and O–H groups in total. The van der Waals surface area contributed by atoms with E-state index in [0.29, 0.717) is 17.7 Å². The molecule has 0 bridgehead atoms. The zero-order valence-corrected chi connectivity index (χ0v) is 10.8. The first-order chi connectivity index (χ1) is 8.31. The largest absolute Gasteiger partial charge is 0.496 e. The number of halogens is 1. The molecule has 0 radical (unpaired) electrons. The highest BCUT2D eigenvalue weighted by Crippen LogP contribution is 2.26. The highest BCUT2D eigenvalue weighted by molar-refractivity contribution is 6.31. The van der Waals surface area contributed by atoms with Crippen molar-refractivity contribution in [2.45, 2.75) is 38.3 Å². The Morgan fingerprint density at radius 1 is 1.35 bits per heavy atom. The molecule has 1 aliphatic carbocycles. The summed E-state index contributed by atoms with van der Waals surface area (Å²) in [6, 6.07) is 5.64. The average molecular weight is 256 g/mol. The molecular formula is C13H18ClNO2. The van der Waals surface area contributed by atoms with Crippen molar-refractivity contribution in [1.82, 2.24) is 5.48 Å². The van der Waals surface area contributed by atoms with E-state index >= 15 is 0 Å². The number of hydrogen-bond acceptors (Lipinski definition) is 3. The molecular weight excluding hydrogens is 238 g/mol. The average Bonchev–Trinajstić information content (AvgIpc) is 2.84. The molecule has 0 unspecified atom stereocenters. The van der Waals surface area contributed by atoms with E-state index in [9.17, 15) is 0 Å². The van der Waals surface area contributed by atoms with Gasteiger partial charge in [-0.05, 0) is 25.0 Å². The van der Waals surface area contributed by atoms with Crippen molar-refractivity contribution < 1.29 is 9.57 Å². The van der Waals surface area contributed by atoms with Crippen molar-refractivity contribution in [3.63, 3.8) is 0 Å². The van der Waals surface area contributed by atoms with E-state index in [4.69, 9.17) is 21.2 Å². The van der Waals surface area contributed by atoms with Gasteiger partial charge in [0.05, 0.1) is 19.8 Å². The van der Waals surface area contributed by atoms with E-state index in [1.165, 1.54) is 12.8 Å². The summed E-state index contributed by atoms with van der Waals surface area (Å²) in [7, 11) is 1.65. The number of hydroxylamine groups is 1. The number of rotatable bonds is 5. The molecule has 0 amide bonds. The molecule has 0 spiro atoms. The lowest BCUT2D eigenvalue weighted by Gasteiger charge is -2.14. The van der Waals surface area contributed by atoms with Crippen LogP contribution in [0, 0.1) is 0 Å². The zero-order valence-electron chi connectivity index (χ0n) is 10.0. The fraction of sp³-hybridized carbons (Fsp3) is 0.538. The standard InChI is InChI=1S/C13H18ClNO2/c1-16-13-8-4-7-12(14)11(13)9-15-17-10-5-2-3-6-10/h4,7-8,10,15H,2-3,5-6,9H2,1H3. The number of benzene rings is 1. The molecule has 1 aliphatic rings. The molecule has 0 aromatic heterocycles. The Bertz CT molecular complexity index is 364. The van der Waals surface area contributed by atoms with Crippen LogP contribution in [0.1, 0.15) is 31.2 Å². The van der Waals surface area contributed by atoms with E-state index in [1.807, 2.05) is 18.2 Å². The fourth-order valence-corrected chi connectivity index (χ4v) is 2.37. The lowest BCUT2D eigenvalue weighted by Crippen LogP contribution is -2.21. The molecule has 1 aromatic carbocycles. The summed E-state index contributed by atoms with van der Waals surface area (Å²) in [5.41, 5.74) is 3.93. The first-order valence-electron chi connectivity index (χ1n) is 6.01. The summed E-state index contributed by atoms with van der Waals surface area (Å²) in [4.78, 5) is 5.60. The van der Waals surface area contributed by atoms with Crippen molar-refractivity contribution >= 4 is 11.6 Å². The van der Waals surface area contributed by atoms with Gasteiger partial charge < -0.3 is 4.74 Å².